The lowest BCUT2D eigenvalue weighted by atomic mass is 9.77. The Balaban J connectivity index is 1.72. The van der Waals surface area contributed by atoms with Gasteiger partial charge in [0.15, 0.2) is 0 Å². The fourth-order valence-corrected chi connectivity index (χ4v) is 4.23. The summed E-state index contributed by atoms with van der Waals surface area (Å²) in [7, 11) is 0. The highest BCUT2D eigenvalue weighted by atomic mass is 16.5. The number of hydrogen-bond donors (Lipinski definition) is 2. The van der Waals surface area contributed by atoms with Gasteiger partial charge in [0.25, 0.3) is 0 Å². The van der Waals surface area contributed by atoms with Gasteiger partial charge < -0.3 is 16.2 Å². The maximum atomic E-state index is 6.32. The van der Waals surface area contributed by atoms with Gasteiger partial charge in [-0.25, -0.2) is 0 Å². The molecule has 4 N–H and O–H groups in total. The summed E-state index contributed by atoms with van der Waals surface area (Å²) < 4.78 is 6.20. The first-order valence-corrected chi connectivity index (χ1v) is 7.28. The second kappa shape index (κ2) is 4.89. The molecule has 19 heavy (non-hydrogen) atoms. The van der Waals surface area contributed by atoms with E-state index in [0.29, 0.717) is 30.3 Å². The molecule has 0 heterocycles. The van der Waals surface area contributed by atoms with Crippen LogP contribution in [0.5, 0.6) is 0 Å². The number of fused-ring (bicyclic) bond motifs is 2. The standard InChI is InChI=1S/C16H24N2O/c1-9-12-10(2)15(18)13(14(9)17)16(12)19-8-11-6-4-3-5-7-11/h3-7,9-10,12-16H,8,17-18H2,1-2H3/t9-,10-,12?,13?,14-,15+,16?/m0/s1. The van der Waals surface area contributed by atoms with Crippen LogP contribution in [0.3, 0.4) is 0 Å². The first-order valence-electron chi connectivity index (χ1n) is 7.28. The lowest BCUT2D eigenvalue weighted by molar-refractivity contribution is 0.00259. The summed E-state index contributed by atoms with van der Waals surface area (Å²) in [5, 5.41) is 0. The molecule has 2 aliphatic carbocycles. The van der Waals surface area contributed by atoms with Gasteiger partial charge in [-0.05, 0) is 23.3 Å². The van der Waals surface area contributed by atoms with Crippen LogP contribution >= 0.6 is 0 Å². The van der Waals surface area contributed by atoms with Crippen LogP contribution in [0, 0.1) is 23.7 Å². The minimum atomic E-state index is 0.192. The van der Waals surface area contributed by atoms with Crippen LogP contribution < -0.4 is 11.5 Å². The monoisotopic (exact) mass is 260 g/mol. The average Bonchev–Trinajstić information content (AvgIpc) is 2.81. The zero-order valence-corrected chi connectivity index (χ0v) is 11.7. The van der Waals surface area contributed by atoms with E-state index in [1.807, 2.05) is 18.2 Å². The van der Waals surface area contributed by atoms with Crippen molar-refractivity contribution in [2.75, 3.05) is 0 Å². The molecule has 0 spiro atoms. The molecule has 3 unspecified atom stereocenters. The highest BCUT2D eigenvalue weighted by molar-refractivity contribution is 5.15. The first kappa shape index (κ1) is 13.1. The molecule has 0 aromatic heterocycles. The zero-order valence-electron chi connectivity index (χ0n) is 11.7. The molecular formula is C16H24N2O. The molecule has 3 heteroatoms. The number of benzene rings is 1. The van der Waals surface area contributed by atoms with Crippen molar-refractivity contribution in [1.29, 1.82) is 0 Å². The molecule has 2 fully saturated rings. The zero-order chi connectivity index (χ0) is 13.6. The Bertz CT molecular complexity index is 400. The molecule has 2 bridgehead atoms. The molecule has 3 nitrogen and oxygen atoms in total. The first-order chi connectivity index (χ1) is 9.11. The van der Waals surface area contributed by atoms with Crippen molar-refractivity contribution in [2.45, 2.75) is 38.6 Å². The lowest BCUT2D eigenvalue weighted by Gasteiger charge is -2.33. The fourth-order valence-electron chi connectivity index (χ4n) is 4.23. The molecule has 0 amide bonds. The Hall–Kier alpha value is -0.900. The molecule has 1 aromatic carbocycles. The third-order valence-electron chi connectivity index (χ3n) is 5.36. The minimum Gasteiger partial charge on any atom is -0.373 e. The molecule has 7 atom stereocenters. The van der Waals surface area contributed by atoms with Gasteiger partial charge >= 0.3 is 0 Å². The van der Waals surface area contributed by atoms with E-state index in [9.17, 15) is 0 Å². The predicted octanol–water partition coefficient (Wildman–Crippen LogP) is 1.76. The van der Waals surface area contributed by atoms with Crippen molar-refractivity contribution in [3.63, 3.8) is 0 Å². The van der Waals surface area contributed by atoms with Crippen LogP contribution in [0.1, 0.15) is 19.4 Å². The van der Waals surface area contributed by atoms with Crippen LogP contribution in [0.15, 0.2) is 30.3 Å². The van der Waals surface area contributed by atoms with E-state index in [1.54, 1.807) is 0 Å². The maximum absolute atomic E-state index is 6.32. The van der Waals surface area contributed by atoms with Gasteiger partial charge in [0, 0.05) is 18.0 Å². The van der Waals surface area contributed by atoms with E-state index in [-0.39, 0.29) is 18.2 Å². The van der Waals surface area contributed by atoms with Crippen LogP contribution in [-0.2, 0) is 11.3 Å². The summed E-state index contributed by atoms with van der Waals surface area (Å²) in [6.45, 7) is 5.16. The Morgan fingerprint density at radius 3 is 2.05 bits per heavy atom. The maximum Gasteiger partial charge on any atom is 0.0720 e. The second-order valence-electron chi connectivity index (χ2n) is 6.29. The van der Waals surface area contributed by atoms with Gasteiger partial charge in [0.2, 0.25) is 0 Å². The number of rotatable bonds is 3. The van der Waals surface area contributed by atoms with E-state index in [4.69, 9.17) is 16.2 Å². The predicted molar refractivity (Wildman–Crippen MR) is 76.3 cm³/mol. The van der Waals surface area contributed by atoms with Gasteiger partial charge in [-0.3, -0.25) is 0 Å². The van der Waals surface area contributed by atoms with E-state index in [2.05, 4.69) is 26.0 Å². The molecule has 104 valence electrons. The normalized spacial score (nSPS) is 44.7. The Labute approximate surface area is 115 Å². The van der Waals surface area contributed by atoms with Crippen molar-refractivity contribution in [2.24, 2.45) is 35.1 Å². The molecule has 0 radical (unpaired) electrons. The molecule has 2 saturated carbocycles. The summed E-state index contributed by atoms with van der Waals surface area (Å²) in [4.78, 5) is 0. The fraction of sp³-hybridized carbons (Fsp3) is 0.625. The molecule has 1 aromatic rings. The second-order valence-corrected chi connectivity index (χ2v) is 6.29. The smallest absolute Gasteiger partial charge is 0.0720 e. The number of ether oxygens (including phenoxy) is 1. The number of nitrogens with two attached hydrogens (primary N) is 2. The van der Waals surface area contributed by atoms with Crippen LogP contribution in [0.4, 0.5) is 0 Å². The highest BCUT2D eigenvalue weighted by Crippen LogP contribution is 2.51. The quantitative estimate of drug-likeness (QED) is 0.870. The summed E-state index contributed by atoms with van der Waals surface area (Å²) in [5.74, 6) is 1.86. The number of hydrogen-bond acceptors (Lipinski definition) is 3. The summed E-state index contributed by atoms with van der Waals surface area (Å²) >= 11 is 0. The lowest BCUT2D eigenvalue weighted by Crippen LogP contribution is -2.48. The van der Waals surface area contributed by atoms with Crippen LogP contribution in [0.2, 0.25) is 0 Å². The third kappa shape index (κ3) is 2.00. The third-order valence-corrected chi connectivity index (χ3v) is 5.36. The highest BCUT2D eigenvalue weighted by Gasteiger charge is 2.59. The van der Waals surface area contributed by atoms with E-state index in [1.165, 1.54) is 5.56 Å². The largest absolute Gasteiger partial charge is 0.373 e. The van der Waals surface area contributed by atoms with Gasteiger partial charge in [-0.2, -0.15) is 0 Å². The van der Waals surface area contributed by atoms with E-state index >= 15 is 0 Å². The van der Waals surface area contributed by atoms with Gasteiger partial charge in [-0.1, -0.05) is 44.2 Å². The molecule has 0 aliphatic heterocycles. The van der Waals surface area contributed by atoms with Crippen LogP contribution in [-0.4, -0.2) is 18.2 Å². The van der Waals surface area contributed by atoms with Gasteiger partial charge in [-0.15, -0.1) is 0 Å². The van der Waals surface area contributed by atoms with E-state index < -0.39 is 0 Å². The average molecular weight is 260 g/mol. The molecule has 3 rings (SSSR count). The molecular weight excluding hydrogens is 236 g/mol. The topological polar surface area (TPSA) is 61.3 Å². The Morgan fingerprint density at radius 1 is 0.947 bits per heavy atom. The van der Waals surface area contributed by atoms with Crippen LogP contribution in [0.25, 0.3) is 0 Å². The van der Waals surface area contributed by atoms with E-state index in [0.717, 1.165) is 0 Å². The van der Waals surface area contributed by atoms with Gasteiger partial charge in [0.05, 0.1) is 12.7 Å². The van der Waals surface area contributed by atoms with Crippen molar-refractivity contribution in [3.05, 3.63) is 35.9 Å². The minimum absolute atomic E-state index is 0.192. The van der Waals surface area contributed by atoms with Crippen molar-refractivity contribution in [1.82, 2.24) is 0 Å². The summed E-state index contributed by atoms with van der Waals surface area (Å²) in [6, 6.07) is 10.7. The summed E-state index contributed by atoms with van der Waals surface area (Å²) in [5.41, 5.74) is 13.8. The van der Waals surface area contributed by atoms with Gasteiger partial charge in [0.1, 0.15) is 0 Å². The van der Waals surface area contributed by atoms with Crippen molar-refractivity contribution in [3.8, 4) is 0 Å². The molecule has 2 aliphatic rings. The Kier molecular flexibility index (Phi) is 3.37. The van der Waals surface area contributed by atoms with Crippen molar-refractivity contribution < 1.29 is 4.74 Å². The van der Waals surface area contributed by atoms with Crippen molar-refractivity contribution >= 4 is 0 Å². The Morgan fingerprint density at radius 2 is 1.53 bits per heavy atom. The SMILES string of the molecule is C[C@H]1C2C(OCc3ccccc3)C([C@H]1N)[C@H](N)[C@H]2C. The summed E-state index contributed by atoms with van der Waals surface area (Å²) in [6.07, 6.45) is 0.232. The molecule has 0 saturated heterocycles.